The van der Waals surface area contributed by atoms with Crippen molar-refractivity contribution in [3.63, 3.8) is 0 Å². The fraction of sp³-hybridized carbons (Fsp3) is 0.360. The molecule has 2 aromatic carbocycles. The highest BCUT2D eigenvalue weighted by molar-refractivity contribution is 5.66. The quantitative estimate of drug-likeness (QED) is 0.364. The van der Waals surface area contributed by atoms with Gasteiger partial charge in [-0.25, -0.2) is 13.8 Å². The van der Waals surface area contributed by atoms with Crippen LogP contribution in [0.3, 0.4) is 0 Å². The third-order valence-electron chi connectivity index (χ3n) is 5.40. The van der Waals surface area contributed by atoms with Crippen LogP contribution in [0, 0.1) is 12.8 Å². The fourth-order valence-corrected chi connectivity index (χ4v) is 3.63. The Balaban J connectivity index is 1.71. The maximum absolute atomic E-state index is 12.9. The summed E-state index contributed by atoms with van der Waals surface area (Å²) in [4.78, 5) is 15.3. The molecule has 3 aromatic rings. The minimum atomic E-state index is -2.50. The van der Waals surface area contributed by atoms with Crippen molar-refractivity contribution >= 4 is 5.97 Å². The third kappa shape index (κ3) is 6.15. The van der Waals surface area contributed by atoms with Crippen LogP contribution in [-0.4, -0.2) is 27.2 Å². The summed E-state index contributed by atoms with van der Waals surface area (Å²) in [5.41, 5.74) is 2.70. The Bertz CT molecular complexity index is 1030. The lowest BCUT2D eigenvalue weighted by Crippen LogP contribution is -2.09. The molecule has 0 bridgehead atoms. The lowest BCUT2D eigenvalue weighted by atomic mass is 10.0. The van der Waals surface area contributed by atoms with Crippen LogP contribution >= 0.6 is 0 Å². The largest absolute Gasteiger partial charge is 0.493 e. The third-order valence-corrected chi connectivity index (χ3v) is 5.40. The van der Waals surface area contributed by atoms with Crippen LogP contribution < -0.4 is 4.74 Å². The van der Waals surface area contributed by atoms with E-state index >= 15 is 0 Å². The number of halogens is 2. The van der Waals surface area contributed by atoms with Crippen LogP contribution in [0.1, 0.15) is 49.4 Å². The summed E-state index contributed by atoms with van der Waals surface area (Å²) < 4.78 is 33.8. The van der Waals surface area contributed by atoms with Gasteiger partial charge < -0.3 is 14.4 Å². The Morgan fingerprint density at radius 3 is 2.56 bits per heavy atom. The first-order valence-corrected chi connectivity index (χ1v) is 10.7. The smallest absolute Gasteiger partial charge is 0.303 e. The molecule has 0 fully saturated rings. The van der Waals surface area contributed by atoms with Crippen molar-refractivity contribution in [2.75, 3.05) is 6.61 Å². The molecule has 0 aliphatic carbocycles. The first-order chi connectivity index (χ1) is 15.3. The predicted octanol–water partition coefficient (Wildman–Crippen LogP) is 6.11. The number of alkyl halides is 2. The second-order valence-electron chi connectivity index (χ2n) is 8.03. The van der Waals surface area contributed by atoms with Crippen molar-refractivity contribution < 1.29 is 23.4 Å². The summed E-state index contributed by atoms with van der Waals surface area (Å²) in [6.07, 6.45) is 0.991. The van der Waals surface area contributed by atoms with E-state index in [4.69, 9.17) is 9.84 Å². The number of hydrogen-bond acceptors (Lipinski definition) is 3. The summed E-state index contributed by atoms with van der Waals surface area (Å²) in [5, 5.41) is 8.87. The molecule has 3 rings (SSSR count). The number of rotatable bonds is 11. The van der Waals surface area contributed by atoms with E-state index in [1.54, 1.807) is 18.3 Å². The molecule has 0 aliphatic rings. The maximum Gasteiger partial charge on any atom is 0.303 e. The van der Waals surface area contributed by atoms with Crippen molar-refractivity contribution in [1.29, 1.82) is 0 Å². The molecule has 170 valence electrons. The summed E-state index contributed by atoms with van der Waals surface area (Å²) in [7, 11) is 0. The molecular formula is C25H28F2N2O3. The highest BCUT2D eigenvalue weighted by Crippen LogP contribution is 2.27. The molecule has 0 unspecified atom stereocenters. The number of ether oxygens (including phenoxy) is 1. The Hall–Kier alpha value is -3.22. The number of para-hydroxylation sites is 1. The molecule has 0 saturated carbocycles. The van der Waals surface area contributed by atoms with E-state index in [1.807, 2.05) is 42.7 Å². The molecule has 0 spiro atoms. The Labute approximate surface area is 186 Å². The van der Waals surface area contributed by atoms with E-state index in [9.17, 15) is 13.6 Å². The van der Waals surface area contributed by atoms with Gasteiger partial charge in [0.1, 0.15) is 11.6 Å². The van der Waals surface area contributed by atoms with Gasteiger partial charge in [-0.1, -0.05) is 49.4 Å². The second-order valence-corrected chi connectivity index (χ2v) is 8.03. The predicted molar refractivity (Wildman–Crippen MR) is 119 cm³/mol. The SMILES string of the molecule is Cc1cnc(-c2ccc(C(F)F)cc2)n1Cc1ccccc1OCCC[C@@H](C)CC(=O)O. The molecule has 0 radical (unpaired) electrons. The highest BCUT2D eigenvalue weighted by atomic mass is 19.3. The molecule has 0 aliphatic heterocycles. The van der Waals surface area contributed by atoms with E-state index in [2.05, 4.69) is 4.98 Å². The number of aryl methyl sites for hydroxylation is 1. The Morgan fingerprint density at radius 2 is 1.88 bits per heavy atom. The normalized spacial score (nSPS) is 12.2. The number of hydrogen-bond donors (Lipinski definition) is 1. The number of benzene rings is 2. The van der Waals surface area contributed by atoms with Crippen LogP contribution in [0.15, 0.2) is 54.7 Å². The Kier molecular flexibility index (Phi) is 7.98. The average molecular weight is 443 g/mol. The van der Waals surface area contributed by atoms with Gasteiger partial charge in [-0.05, 0) is 31.7 Å². The van der Waals surface area contributed by atoms with E-state index in [1.165, 1.54) is 12.1 Å². The summed E-state index contributed by atoms with van der Waals surface area (Å²) in [5.74, 6) is 0.809. The second kappa shape index (κ2) is 10.9. The van der Waals surface area contributed by atoms with Gasteiger partial charge in [0.15, 0.2) is 0 Å². The number of carboxylic acid groups (broad SMARTS) is 1. The molecular weight excluding hydrogens is 414 g/mol. The van der Waals surface area contributed by atoms with Crippen molar-refractivity contribution in [3.05, 3.63) is 71.5 Å². The zero-order valence-electron chi connectivity index (χ0n) is 18.3. The van der Waals surface area contributed by atoms with Gasteiger partial charge >= 0.3 is 5.97 Å². The molecule has 1 aromatic heterocycles. The molecule has 1 atom stereocenters. The first kappa shape index (κ1) is 23.4. The number of aromatic nitrogens is 2. The summed E-state index contributed by atoms with van der Waals surface area (Å²) in [6, 6.07) is 14.0. The van der Waals surface area contributed by atoms with Gasteiger partial charge in [-0.2, -0.15) is 0 Å². The van der Waals surface area contributed by atoms with Gasteiger partial charge in [0.25, 0.3) is 6.43 Å². The lowest BCUT2D eigenvalue weighted by molar-refractivity contribution is -0.138. The lowest BCUT2D eigenvalue weighted by Gasteiger charge is -2.15. The van der Waals surface area contributed by atoms with Crippen LogP contribution in [-0.2, 0) is 11.3 Å². The number of carbonyl (C=O) groups is 1. The molecule has 1 N–H and O–H groups in total. The zero-order chi connectivity index (χ0) is 23.1. The minimum absolute atomic E-state index is 0.0139. The van der Waals surface area contributed by atoms with Gasteiger partial charge in [0, 0.05) is 35.0 Å². The fourth-order valence-electron chi connectivity index (χ4n) is 3.63. The molecule has 5 nitrogen and oxygen atoms in total. The Morgan fingerprint density at radius 1 is 1.16 bits per heavy atom. The van der Waals surface area contributed by atoms with Gasteiger partial charge in [-0.3, -0.25) is 4.79 Å². The summed E-state index contributed by atoms with van der Waals surface area (Å²) in [6.45, 7) is 4.92. The maximum atomic E-state index is 12.9. The van der Waals surface area contributed by atoms with Crippen LogP contribution in [0.5, 0.6) is 5.75 Å². The van der Waals surface area contributed by atoms with Crippen molar-refractivity contribution in [3.8, 4) is 17.1 Å². The molecule has 0 saturated heterocycles. The molecule has 7 heteroatoms. The van der Waals surface area contributed by atoms with Crippen molar-refractivity contribution in [1.82, 2.24) is 9.55 Å². The number of aliphatic carboxylic acids is 1. The van der Waals surface area contributed by atoms with E-state index < -0.39 is 12.4 Å². The highest BCUT2D eigenvalue weighted by Gasteiger charge is 2.14. The number of nitrogens with zero attached hydrogens (tertiary/aromatic N) is 2. The van der Waals surface area contributed by atoms with Crippen LogP contribution in [0.2, 0.25) is 0 Å². The van der Waals surface area contributed by atoms with E-state index in [-0.39, 0.29) is 17.9 Å². The standard InChI is InChI=1S/C25H28F2N2O3/c1-17(14-23(30)31)6-5-13-32-22-8-4-3-7-21(22)16-29-18(2)15-28-25(29)20-11-9-19(10-12-20)24(26)27/h3-4,7-12,15,17,24H,5-6,13-14,16H2,1-2H3,(H,30,31)/t17-/m1/s1. The average Bonchev–Trinajstić information content (AvgIpc) is 3.12. The van der Waals surface area contributed by atoms with Crippen molar-refractivity contribution in [2.24, 2.45) is 5.92 Å². The molecule has 0 amide bonds. The van der Waals surface area contributed by atoms with Gasteiger partial charge in [-0.15, -0.1) is 0 Å². The van der Waals surface area contributed by atoms with E-state index in [0.29, 0.717) is 19.0 Å². The zero-order valence-corrected chi connectivity index (χ0v) is 18.3. The topological polar surface area (TPSA) is 64.4 Å². The van der Waals surface area contributed by atoms with E-state index in [0.717, 1.165) is 35.4 Å². The minimum Gasteiger partial charge on any atom is -0.493 e. The monoisotopic (exact) mass is 442 g/mol. The number of imidazole rings is 1. The summed E-state index contributed by atoms with van der Waals surface area (Å²) >= 11 is 0. The van der Waals surface area contributed by atoms with Crippen LogP contribution in [0.25, 0.3) is 11.4 Å². The van der Waals surface area contributed by atoms with Crippen LogP contribution in [0.4, 0.5) is 8.78 Å². The van der Waals surface area contributed by atoms with Gasteiger partial charge in [0.05, 0.1) is 13.2 Å². The first-order valence-electron chi connectivity index (χ1n) is 10.7. The molecule has 32 heavy (non-hydrogen) atoms. The molecule has 1 heterocycles. The number of carboxylic acids is 1. The van der Waals surface area contributed by atoms with Crippen molar-refractivity contribution in [2.45, 2.75) is 46.1 Å². The van der Waals surface area contributed by atoms with Gasteiger partial charge in [0.2, 0.25) is 0 Å².